The predicted molar refractivity (Wildman–Crippen MR) is 64.6 cm³/mol. The number of oxazole rings is 1. The van der Waals surface area contributed by atoms with Crippen molar-refractivity contribution in [1.29, 1.82) is 0 Å². The fourth-order valence-corrected chi connectivity index (χ4v) is 3.01. The molecule has 86 valence electrons. The van der Waals surface area contributed by atoms with Gasteiger partial charge in [-0.05, 0) is 12.1 Å². The van der Waals surface area contributed by atoms with E-state index in [1.54, 1.807) is 6.07 Å². The van der Waals surface area contributed by atoms with Gasteiger partial charge in [0.1, 0.15) is 5.52 Å². The topological polar surface area (TPSA) is 63.4 Å². The number of thioether (sulfide) groups is 1. The van der Waals surface area contributed by atoms with E-state index in [-0.39, 0.29) is 16.9 Å². The number of para-hydroxylation sites is 2. The third-order valence-electron chi connectivity index (χ3n) is 2.16. The fraction of sp³-hybridized carbons (Fsp3) is 0.100. The van der Waals surface area contributed by atoms with E-state index in [0.29, 0.717) is 16.3 Å². The average Bonchev–Trinajstić information content (AvgIpc) is 2.87. The molecule has 7 heteroatoms. The summed E-state index contributed by atoms with van der Waals surface area (Å²) in [6.07, 6.45) is 0. The highest BCUT2D eigenvalue weighted by Crippen LogP contribution is 2.32. The van der Waals surface area contributed by atoms with Crippen LogP contribution in [0.25, 0.3) is 11.1 Å². The molecule has 1 aromatic heterocycles. The molecule has 0 N–H and O–H groups in total. The Labute approximate surface area is 105 Å². The molecule has 0 radical (unpaired) electrons. The SMILES string of the molecule is O=C1CSC(=O)N1Sc1nc2ccccc2o1. The molecule has 0 unspecified atom stereocenters. The quantitative estimate of drug-likeness (QED) is 0.778. The molecule has 2 aromatic rings. The van der Waals surface area contributed by atoms with Crippen molar-refractivity contribution < 1.29 is 14.0 Å². The lowest BCUT2D eigenvalue weighted by molar-refractivity contribution is -0.120. The summed E-state index contributed by atoms with van der Waals surface area (Å²) in [5.74, 6) is -0.0428. The summed E-state index contributed by atoms with van der Waals surface area (Å²) in [6.45, 7) is 0. The minimum absolute atomic E-state index is 0.187. The zero-order chi connectivity index (χ0) is 11.8. The molecule has 17 heavy (non-hydrogen) atoms. The van der Waals surface area contributed by atoms with Crippen LogP contribution in [0.3, 0.4) is 0 Å². The molecule has 0 aliphatic carbocycles. The molecular weight excluding hydrogens is 260 g/mol. The zero-order valence-corrected chi connectivity index (χ0v) is 10.1. The summed E-state index contributed by atoms with van der Waals surface area (Å²) in [5.41, 5.74) is 1.35. The van der Waals surface area contributed by atoms with Gasteiger partial charge in [0, 0.05) is 0 Å². The summed E-state index contributed by atoms with van der Waals surface area (Å²) in [5, 5.41) is 0.0256. The van der Waals surface area contributed by atoms with Gasteiger partial charge >= 0.3 is 0 Å². The van der Waals surface area contributed by atoms with Crippen molar-refractivity contribution in [3.05, 3.63) is 24.3 Å². The van der Waals surface area contributed by atoms with Crippen molar-refractivity contribution in [1.82, 2.24) is 9.29 Å². The van der Waals surface area contributed by atoms with E-state index in [0.717, 1.165) is 28.0 Å². The maximum atomic E-state index is 11.4. The van der Waals surface area contributed by atoms with E-state index in [1.165, 1.54) is 0 Å². The summed E-state index contributed by atoms with van der Waals surface area (Å²) in [7, 11) is 0. The van der Waals surface area contributed by atoms with Gasteiger partial charge in [-0.25, -0.2) is 9.29 Å². The van der Waals surface area contributed by atoms with E-state index >= 15 is 0 Å². The van der Waals surface area contributed by atoms with Gasteiger partial charge in [0.25, 0.3) is 16.4 Å². The Morgan fingerprint density at radius 1 is 1.35 bits per heavy atom. The summed E-state index contributed by atoms with van der Waals surface area (Å²) in [4.78, 5) is 27.0. The molecule has 1 aliphatic heterocycles. The number of hydrogen-bond acceptors (Lipinski definition) is 6. The normalized spacial score (nSPS) is 16.1. The average molecular weight is 266 g/mol. The summed E-state index contributed by atoms with van der Waals surface area (Å²) in [6, 6.07) is 7.28. The molecular formula is C10H6N2O3S2. The van der Waals surface area contributed by atoms with E-state index < -0.39 is 0 Å². The number of aromatic nitrogens is 1. The molecule has 2 amide bonds. The first kappa shape index (κ1) is 10.7. The van der Waals surface area contributed by atoms with Gasteiger partial charge in [-0.2, -0.15) is 0 Å². The standard InChI is InChI=1S/C10H6N2O3S2/c13-8-5-16-10(14)12(8)17-9-11-6-3-1-2-4-7(6)15-9/h1-4H,5H2. The highest BCUT2D eigenvalue weighted by atomic mass is 32.2. The summed E-state index contributed by atoms with van der Waals surface area (Å²) < 4.78 is 6.50. The van der Waals surface area contributed by atoms with Crippen molar-refractivity contribution in [2.75, 3.05) is 5.75 Å². The third-order valence-corrected chi connectivity index (χ3v) is 3.97. The monoisotopic (exact) mass is 266 g/mol. The number of hydrogen-bond donors (Lipinski definition) is 0. The van der Waals surface area contributed by atoms with Crippen molar-refractivity contribution in [2.45, 2.75) is 5.22 Å². The molecule has 2 heterocycles. The Hall–Kier alpha value is -1.47. The van der Waals surface area contributed by atoms with Crippen LogP contribution in [0.5, 0.6) is 0 Å². The number of rotatable bonds is 2. The first-order valence-electron chi connectivity index (χ1n) is 4.77. The van der Waals surface area contributed by atoms with E-state index in [1.807, 2.05) is 18.2 Å². The molecule has 0 atom stereocenters. The first-order chi connectivity index (χ1) is 8.24. The second kappa shape index (κ2) is 4.08. The number of carbonyl (C=O) groups excluding carboxylic acids is 2. The molecule has 0 saturated carbocycles. The van der Waals surface area contributed by atoms with Gasteiger partial charge in [-0.15, -0.1) is 0 Å². The van der Waals surface area contributed by atoms with Gasteiger partial charge < -0.3 is 4.42 Å². The number of imide groups is 1. The van der Waals surface area contributed by atoms with Crippen LogP contribution in [0.15, 0.2) is 33.9 Å². The maximum Gasteiger partial charge on any atom is 0.299 e. The first-order valence-corrected chi connectivity index (χ1v) is 6.53. The maximum absolute atomic E-state index is 11.4. The Morgan fingerprint density at radius 2 is 2.18 bits per heavy atom. The minimum Gasteiger partial charge on any atom is -0.430 e. The van der Waals surface area contributed by atoms with Crippen LogP contribution in [0.4, 0.5) is 4.79 Å². The predicted octanol–water partition coefficient (Wildman–Crippen LogP) is 2.53. The zero-order valence-electron chi connectivity index (χ0n) is 8.45. The van der Waals surface area contributed by atoms with E-state index in [2.05, 4.69) is 4.98 Å². The van der Waals surface area contributed by atoms with Crippen LogP contribution in [-0.2, 0) is 4.79 Å². The lowest BCUT2D eigenvalue weighted by Gasteiger charge is -2.06. The molecule has 1 aliphatic rings. The highest BCUT2D eigenvalue weighted by molar-refractivity contribution is 8.16. The van der Waals surface area contributed by atoms with Crippen LogP contribution in [0, 0.1) is 0 Å². The van der Waals surface area contributed by atoms with Gasteiger partial charge in [0.2, 0.25) is 0 Å². The van der Waals surface area contributed by atoms with Crippen molar-refractivity contribution in [3.8, 4) is 0 Å². The summed E-state index contributed by atoms with van der Waals surface area (Å²) >= 11 is 1.92. The third kappa shape index (κ3) is 1.91. The Kier molecular flexibility index (Phi) is 2.56. The van der Waals surface area contributed by atoms with Gasteiger partial charge in [0.05, 0.1) is 17.7 Å². The lowest BCUT2D eigenvalue weighted by Crippen LogP contribution is -2.20. The van der Waals surface area contributed by atoms with Crippen LogP contribution in [0.1, 0.15) is 0 Å². The number of nitrogens with zero attached hydrogens (tertiary/aromatic N) is 2. The number of benzene rings is 1. The number of fused-ring (bicyclic) bond motifs is 1. The fourth-order valence-electron chi connectivity index (χ4n) is 1.40. The van der Waals surface area contributed by atoms with E-state index in [4.69, 9.17) is 4.42 Å². The molecule has 3 rings (SSSR count). The highest BCUT2D eigenvalue weighted by Gasteiger charge is 2.32. The molecule has 0 bridgehead atoms. The van der Waals surface area contributed by atoms with Gasteiger partial charge in [-0.3, -0.25) is 9.59 Å². The second-order valence-electron chi connectivity index (χ2n) is 3.28. The van der Waals surface area contributed by atoms with Crippen LogP contribution in [0.2, 0.25) is 0 Å². The smallest absolute Gasteiger partial charge is 0.299 e. The van der Waals surface area contributed by atoms with E-state index in [9.17, 15) is 9.59 Å². The number of amides is 2. The molecule has 1 saturated heterocycles. The second-order valence-corrected chi connectivity index (χ2v) is 5.11. The minimum atomic E-state index is -0.276. The van der Waals surface area contributed by atoms with Crippen molar-refractivity contribution >= 4 is 46.0 Å². The largest absolute Gasteiger partial charge is 0.430 e. The van der Waals surface area contributed by atoms with Gasteiger partial charge in [0.15, 0.2) is 5.58 Å². The van der Waals surface area contributed by atoms with Crippen LogP contribution >= 0.6 is 23.7 Å². The van der Waals surface area contributed by atoms with Crippen molar-refractivity contribution in [3.63, 3.8) is 0 Å². The van der Waals surface area contributed by atoms with Gasteiger partial charge in [-0.1, -0.05) is 23.9 Å². The Bertz CT molecular complexity index is 561. The number of carbonyl (C=O) groups is 2. The van der Waals surface area contributed by atoms with Crippen LogP contribution in [-0.4, -0.2) is 26.2 Å². The lowest BCUT2D eigenvalue weighted by atomic mass is 10.3. The molecule has 1 aromatic carbocycles. The molecule has 5 nitrogen and oxygen atoms in total. The Balaban J connectivity index is 1.89. The molecule has 0 spiro atoms. The van der Waals surface area contributed by atoms with Crippen LogP contribution < -0.4 is 0 Å². The molecule has 1 fully saturated rings. The van der Waals surface area contributed by atoms with Crippen molar-refractivity contribution in [2.24, 2.45) is 0 Å². The Morgan fingerprint density at radius 3 is 2.88 bits per heavy atom.